The summed E-state index contributed by atoms with van der Waals surface area (Å²) in [6, 6.07) is 5.88. The van der Waals surface area contributed by atoms with E-state index >= 15 is 0 Å². The van der Waals surface area contributed by atoms with Crippen molar-refractivity contribution in [3.05, 3.63) is 34.9 Å². The van der Waals surface area contributed by atoms with E-state index in [1.807, 2.05) is 25.1 Å². The van der Waals surface area contributed by atoms with Gasteiger partial charge in [0.15, 0.2) is 0 Å². The van der Waals surface area contributed by atoms with Crippen LogP contribution < -0.4 is 0 Å². The molecule has 0 aliphatic rings. The highest BCUT2D eigenvalue weighted by atomic mass is 79.9. The third-order valence-corrected chi connectivity index (χ3v) is 3.62. The number of hydrogen-bond donors (Lipinski definition) is 0. The number of carbonyl (C=O) groups excluding carboxylic acids is 1. The SMILES string of the molecule is CC(=O)C(Br)c1cccc(C)c1CCl. The topological polar surface area (TPSA) is 17.1 Å². The maximum absolute atomic E-state index is 11.2. The molecule has 0 aromatic heterocycles. The second kappa shape index (κ2) is 4.94. The minimum atomic E-state index is -0.240. The van der Waals surface area contributed by atoms with Gasteiger partial charge in [-0.3, -0.25) is 4.79 Å². The minimum absolute atomic E-state index is 0.0990. The Kier molecular flexibility index (Phi) is 4.14. The fraction of sp³-hybridized carbons (Fsp3) is 0.364. The van der Waals surface area contributed by atoms with Crippen LogP contribution in [-0.4, -0.2) is 5.78 Å². The van der Waals surface area contributed by atoms with Crippen molar-refractivity contribution in [3.8, 4) is 0 Å². The number of rotatable bonds is 3. The fourth-order valence-electron chi connectivity index (χ4n) is 1.36. The van der Waals surface area contributed by atoms with Crippen molar-refractivity contribution in [3.63, 3.8) is 0 Å². The molecule has 0 saturated carbocycles. The van der Waals surface area contributed by atoms with Crippen LogP contribution in [0.15, 0.2) is 18.2 Å². The number of halogens is 2. The number of ketones is 1. The van der Waals surface area contributed by atoms with E-state index in [0.29, 0.717) is 5.88 Å². The van der Waals surface area contributed by atoms with Gasteiger partial charge < -0.3 is 0 Å². The Morgan fingerprint density at radius 3 is 2.71 bits per heavy atom. The van der Waals surface area contributed by atoms with E-state index in [-0.39, 0.29) is 10.6 Å². The van der Waals surface area contributed by atoms with Crippen molar-refractivity contribution in [2.24, 2.45) is 0 Å². The number of aryl methyl sites for hydroxylation is 1. The zero-order valence-electron chi connectivity index (χ0n) is 8.18. The molecular formula is C11H12BrClO. The van der Waals surface area contributed by atoms with Crippen molar-refractivity contribution < 1.29 is 4.79 Å². The van der Waals surface area contributed by atoms with Crippen LogP contribution >= 0.6 is 27.5 Å². The van der Waals surface area contributed by atoms with Crippen LogP contribution in [-0.2, 0) is 10.7 Å². The minimum Gasteiger partial charge on any atom is -0.298 e. The molecule has 0 aliphatic heterocycles. The molecule has 1 aromatic carbocycles. The zero-order valence-corrected chi connectivity index (χ0v) is 10.5. The maximum atomic E-state index is 11.2. The van der Waals surface area contributed by atoms with Gasteiger partial charge in [-0.1, -0.05) is 34.1 Å². The maximum Gasteiger partial charge on any atom is 0.147 e. The summed E-state index contributed by atoms with van der Waals surface area (Å²) in [6.07, 6.45) is 0. The third-order valence-electron chi connectivity index (χ3n) is 2.21. The van der Waals surface area contributed by atoms with Crippen LogP contribution in [0.1, 0.15) is 28.4 Å². The summed E-state index contributed by atoms with van der Waals surface area (Å²) < 4.78 is 0. The summed E-state index contributed by atoms with van der Waals surface area (Å²) in [5.41, 5.74) is 3.15. The highest BCUT2D eigenvalue weighted by molar-refractivity contribution is 9.09. The second-order valence-electron chi connectivity index (χ2n) is 3.25. The lowest BCUT2D eigenvalue weighted by molar-refractivity contribution is -0.116. The van der Waals surface area contributed by atoms with Crippen LogP contribution in [0.25, 0.3) is 0 Å². The molecule has 0 saturated heterocycles. The summed E-state index contributed by atoms with van der Waals surface area (Å²) in [5.74, 6) is 0.541. The molecule has 14 heavy (non-hydrogen) atoms. The van der Waals surface area contributed by atoms with E-state index in [1.165, 1.54) is 0 Å². The largest absolute Gasteiger partial charge is 0.298 e. The van der Waals surface area contributed by atoms with E-state index in [9.17, 15) is 4.79 Å². The van der Waals surface area contributed by atoms with Crippen LogP contribution in [0, 0.1) is 6.92 Å². The molecule has 1 rings (SSSR count). The van der Waals surface area contributed by atoms with E-state index in [0.717, 1.165) is 16.7 Å². The molecule has 76 valence electrons. The third kappa shape index (κ3) is 2.37. The van der Waals surface area contributed by atoms with Crippen molar-refractivity contribution in [1.29, 1.82) is 0 Å². The Hall–Kier alpha value is -0.340. The van der Waals surface area contributed by atoms with Gasteiger partial charge in [0.25, 0.3) is 0 Å². The molecule has 0 amide bonds. The first-order valence-corrected chi connectivity index (χ1v) is 5.81. The first-order valence-electron chi connectivity index (χ1n) is 4.36. The smallest absolute Gasteiger partial charge is 0.147 e. The Bertz CT molecular complexity index is 349. The fourth-order valence-corrected chi connectivity index (χ4v) is 2.16. The molecule has 0 radical (unpaired) electrons. The molecule has 1 atom stereocenters. The number of benzene rings is 1. The second-order valence-corrected chi connectivity index (χ2v) is 4.43. The van der Waals surface area contributed by atoms with E-state index in [4.69, 9.17) is 11.6 Å². The predicted octanol–water partition coefficient (Wildman–Crippen LogP) is 3.76. The van der Waals surface area contributed by atoms with Gasteiger partial charge in [-0.15, -0.1) is 11.6 Å². The summed E-state index contributed by atoms with van der Waals surface area (Å²) in [7, 11) is 0. The molecule has 0 aliphatic carbocycles. The van der Waals surface area contributed by atoms with Gasteiger partial charge in [0.2, 0.25) is 0 Å². The number of alkyl halides is 2. The standard InChI is InChI=1S/C11H12BrClO/c1-7-4-3-5-9(10(7)6-13)11(12)8(2)14/h3-5,11H,6H2,1-2H3. The first kappa shape index (κ1) is 11.7. The molecule has 0 N–H and O–H groups in total. The number of Topliss-reactive ketones (excluding diaryl/α,β-unsaturated/α-hetero) is 1. The van der Waals surface area contributed by atoms with Crippen molar-refractivity contribution >= 4 is 33.3 Å². The first-order chi connectivity index (χ1) is 6.57. The Morgan fingerprint density at radius 2 is 2.21 bits per heavy atom. The Balaban J connectivity index is 3.20. The molecule has 0 bridgehead atoms. The van der Waals surface area contributed by atoms with Crippen LogP contribution in [0.4, 0.5) is 0 Å². The quantitative estimate of drug-likeness (QED) is 0.768. The van der Waals surface area contributed by atoms with E-state index in [2.05, 4.69) is 15.9 Å². The van der Waals surface area contributed by atoms with Crippen molar-refractivity contribution in [2.75, 3.05) is 0 Å². The molecule has 1 unspecified atom stereocenters. The summed E-state index contributed by atoms with van der Waals surface area (Å²) in [6.45, 7) is 3.57. The molecular weight excluding hydrogens is 263 g/mol. The normalized spacial score (nSPS) is 12.6. The lowest BCUT2D eigenvalue weighted by atomic mass is 9.99. The van der Waals surface area contributed by atoms with Gasteiger partial charge in [-0.2, -0.15) is 0 Å². The highest BCUT2D eigenvalue weighted by Crippen LogP contribution is 2.29. The lowest BCUT2D eigenvalue weighted by Crippen LogP contribution is -2.05. The Morgan fingerprint density at radius 1 is 1.57 bits per heavy atom. The van der Waals surface area contributed by atoms with E-state index in [1.54, 1.807) is 6.92 Å². The monoisotopic (exact) mass is 274 g/mol. The average Bonchev–Trinajstić information content (AvgIpc) is 2.16. The van der Waals surface area contributed by atoms with Crippen molar-refractivity contribution in [2.45, 2.75) is 24.6 Å². The van der Waals surface area contributed by atoms with Crippen LogP contribution in [0.5, 0.6) is 0 Å². The zero-order chi connectivity index (χ0) is 10.7. The number of carbonyl (C=O) groups is 1. The summed E-state index contributed by atoms with van der Waals surface area (Å²) in [4.78, 5) is 11.0. The summed E-state index contributed by atoms with van der Waals surface area (Å²) >= 11 is 9.22. The molecule has 0 heterocycles. The summed E-state index contributed by atoms with van der Waals surface area (Å²) in [5, 5.41) is 0. The van der Waals surface area contributed by atoms with Gasteiger partial charge in [0, 0.05) is 5.88 Å². The number of hydrogen-bond acceptors (Lipinski definition) is 1. The van der Waals surface area contributed by atoms with Gasteiger partial charge in [-0.25, -0.2) is 0 Å². The van der Waals surface area contributed by atoms with Crippen LogP contribution in [0.3, 0.4) is 0 Å². The van der Waals surface area contributed by atoms with Crippen LogP contribution in [0.2, 0.25) is 0 Å². The predicted molar refractivity (Wildman–Crippen MR) is 63.1 cm³/mol. The molecule has 0 fully saturated rings. The lowest BCUT2D eigenvalue weighted by Gasteiger charge is -2.13. The van der Waals surface area contributed by atoms with Gasteiger partial charge in [0.1, 0.15) is 5.78 Å². The molecule has 1 nitrogen and oxygen atoms in total. The average molecular weight is 276 g/mol. The van der Waals surface area contributed by atoms with Gasteiger partial charge in [0.05, 0.1) is 4.83 Å². The molecule has 3 heteroatoms. The van der Waals surface area contributed by atoms with Crippen molar-refractivity contribution in [1.82, 2.24) is 0 Å². The van der Waals surface area contributed by atoms with Gasteiger partial charge in [-0.05, 0) is 30.5 Å². The van der Waals surface area contributed by atoms with E-state index < -0.39 is 0 Å². The van der Waals surface area contributed by atoms with Gasteiger partial charge >= 0.3 is 0 Å². The molecule has 0 spiro atoms. The Labute approximate surface area is 97.6 Å². The highest BCUT2D eigenvalue weighted by Gasteiger charge is 2.16. The molecule has 1 aromatic rings.